The summed E-state index contributed by atoms with van der Waals surface area (Å²) in [6, 6.07) is 6.65. The molecule has 1 aliphatic heterocycles. The first-order chi connectivity index (χ1) is 10.2. The van der Waals surface area contributed by atoms with E-state index in [4.69, 9.17) is 15.5 Å². The van der Waals surface area contributed by atoms with Crippen LogP contribution in [0.1, 0.15) is 16.7 Å². The van der Waals surface area contributed by atoms with Gasteiger partial charge in [-0.25, -0.2) is 4.98 Å². The van der Waals surface area contributed by atoms with Crippen LogP contribution in [0.25, 0.3) is 10.9 Å². The Bertz CT molecular complexity index is 648. The number of hydrogen-bond donors (Lipinski definition) is 1. The van der Waals surface area contributed by atoms with Crippen LogP contribution >= 0.6 is 0 Å². The molecular formula is C17H23N3O. The van der Waals surface area contributed by atoms with E-state index in [1.807, 2.05) is 0 Å². The number of morpholine rings is 1. The quantitative estimate of drug-likeness (QED) is 0.939. The van der Waals surface area contributed by atoms with Gasteiger partial charge in [-0.2, -0.15) is 0 Å². The smallest absolute Gasteiger partial charge is 0.132 e. The molecule has 0 bridgehead atoms. The van der Waals surface area contributed by atoms with Gasteiger partial charge in [0.05, 0.1) is 18.7 Å². The minimum atomic E-state index is 0.648. The van der Waals surface area contributed by atoms with Crippen molar-refractivity contribution in [3.05, 3.63) is 34.9 Å². The molecule has 0 amide bonds. The number of benzene rings is 1. The summed E-state index contributed by atoms with van der Waals surface area (Å²) in [6.45, 7) is 8.27. The summed E-state index contributed by atoms with van der Waals surface area (Å²) in [6.07, 6.45) is 0.864. The highest BCUT2D eigenvalue weighted by Crippen LogP contribution is 2.27. The molecule has 21 heavy (non-hydrogen) atoms. The van der Waals surface area contributed by atoms with E-state index in [0.717, 1.165) is 44.1 Å². The minimum absolute atomic E-state index is 0.648. The van der Waals surface area contributed by atoms with Crippen molar-refractivity contribution in [2.24, 2.45) is 5.73 Å². The zero-order valence-electron chi connectivity index (χ0n) is 12.9. The Morgan fingerprint density at radius 3 is 2.67 bits per heavy atom. The Balaban J connectivity index is 2.13. The van der Waals surface area contributed by atoms with E-state index in [0.29, 0.717) is 6.54 Å². The number of nitrogens with two attached hydrogens (primary N) is 1. The van der Waals surface area contributed by atoms with Crippen molar-refractivity contribution in [3.8, 4) is 0 Å². The van der Waals surface area contributed by atoms with Crippen LogP contribution in [0.2, 0.25) is 0 Å². The maximum atomic E-state index is 5.79. The number of anilines is 1. The van der Waals surface area contributed by atoms with Crippen molar-refractivity contribution in [2.75, 3.05) is 37.7 Å². The molecule has 0 radical (unpaired) electrons. The lowest BCUT2D eigenvalue weighted by molar-refractivity contribution is 0.122. The third-order valence-electron chi connectivity index (χ3n) is 4.07. The molecule has 4 nitrogen and oxygen atoms in total. The topological polar surface area (TPSA) is 51.4 Å². The molecule has 0 aliphatic carbocycles. The summed E-state index contributed by atoms with van der Waals surface area (Å²) >= 11 is 0. The summed E-state index contributed by atoms with van der Waals surface area (Å²) < 4.78 is 5.45. The first kappa shape index (κ1) is 14.3. The van der Waals surface area contributed by atoms with Gasteiger partial charge in [0.25, 0.3) is 0 Å². The van der Waals surface area contributed by atoms with Crippen LogP contribution in [0.4, 0.5) is 5.82 Å². The lowest BCUT2D eigenvalue weighted by atomic mass is 10.0. The van der Waals surface area contributed by atoms with Gasteiger partial charge in [0.1, 0.15) is 5.82 Å². The zero-order valence-corrected chi connectivity index (χ0v) is 12.9. The van der Waals surface area contributed by atoms with Gasteiger partial charge in [0, 0.05) is 18.5 Å². The molecular weight excluding hydrogens is 262 g/mol. The van der Waals surface area contributed by atoms with E-state index in [1.165, 1.54) is 22.1 Å². The number of pyridine rings is 1. The average Bonchev–Trinajstić information content (AvgIpc) is 2.48. The van der Waals surface area contributed by atoms with Gasteiger partial charge in [-0.3, -0.25) is 0 Å². The maximum Gasteiger partial charge on any atom is 0.132 e. The third kappa shape index (κ3) is 2.87. The molecule has 4 heteroatoms. The number of nitrogens with zero attached hydrogens (tertiary/aromatic N) is 2. The SMILES string of the molecule is Cc1cc(C)c2cc(CCN)c(N3CCOCC3)nc2c1. The lowest BCUT2D eigenvalue weighted by Gasteiger charge is -2.30. The van der Waals surface area contributed by atoms with Crippen molar-refractivity contribution in [1.29, 1.82) is 0 Å². The predicted octanol–water partition coefficient (Wildman–Crippen LogP) is 2.19. The highest BCUT2D eigenvalue weighted by atomic mass is 16.5. The monoisotopic (exact) mass is 285 g/mol. The predicted molar refractivity (Wildman–Crippen MR) is 87.0 cm³/mol. The molecule has 0 saturated carbocycles. The second kappa shape index (κ2) is 6.00. The highest BCUT2D eigenvalue weighted by Gasteiger charge is 2.17. The molecule has 2 heterocycles. The summed E-state index contributed by atoms with van der Waals surface area (Å²) in [5.74, 6) is 1.08. The van der Waals surface area contributed by atoms with E-state index in [2.05, 4.69) is 36.9 Å². The Kier molecular flexibility index (Phi) is 4.08. The van der Waals surface area contributed by atoms with E-state index in [9.17, 15) is 0 Å². The van der Waals surface area contributed by atoms with Gasteiger partial charge in [0.15, 0.2) is 0 Å². The van der Waals surface area contributed by atoms with Gasteiger partial charge < -0.3 is 15.4 Å². The third-order valence-corrected chi connectivity index (χ3v) is 4.07. The number of aromatic nitrogens is 1. The molecule has 0 atom stereocenters. The van der Waals surface area contributed by atoms with Crippen LogP contribution < -0.4 is 10.6 Å². The molecule has 1 saturated heterocycles. The fourth-order valence-electron chi connectivity index (χ4n) is 3.05. The first-order valence-corrected chi connectivity index (χ1v) is 7.62. The fraction of sp³-hybridized carbons (Fsp3) is 0.471. The standard InChI is InChI=1S/C17H23N3O/c1-12-9-13(2)15-11-14(3-4-18)17(19-16(15)10-12)20-5-7-21-8-6-20/h9-11H,3-8,18H2,1-2H3. The summed E-state index contributed by atoms with van der Waals surface area (Å²) in [5.41, 5.74) is 10.7. The van der Waals surface area contributed by atoms with Gasteiger partial charge in [-0.05, 0) is 55.6 Å². The van der Waals surface area contributed by atoms with Crippen molar-refractivity contribution < 1.29 is 4.74 Å². The summed E-state index contributed by atoms with van der Waals surface area (Å²) in [5, 5.41) is 1.24. The molecule has 1 aromatic carbocycles. The molecule has 1 aromatic heterocycles. The van der Waals surface area contributed by atoms with E-state index < -0.39 is 0 Å². The van der Waals surface area contributed by atoms with Crippen LogP contribution in [-0.4, -0.2) is 37.8 Å². The van der Waals surface area contributed by atoms with Crippen molar-refractivity contribution in [2.45, 2.75) is 20.3 Å². The van der Waals surface area contributed by atoms with Crippen LogP contribution in [0.3, 0.4) is 0 Å². The number of rotatable bonds is 3. The summed E-state index contributed by atoms with van der Waals surface area (Å²) in [7, 11) is 0. The van der Waals surface area contributed by atoms with Crippen molar-refractivity contribution in [1.82, 2.24) is 4.98 Å². The molecule has 112 valence electrons. The van der Waals surface area contributed by atoms with Crippen LogP contribution in [0.15, 0.2) is 18.2 Å². The second-order valence-corrected chi connectivity index (χ2v) is 5.76. The normalized spacial score (nSPS) is 15.7. The van der Waals surface area contributed by atoms with Crippen LogP contribution in [0, 0.1) is 13.8 Å². The van der Waals surface area contributed by atoms with Gasteiger partial charge >= 0.3 is 0 Å². The molecule has 0 unspecified atom stereocenters. The Labute approximate surface area is 125 Å². The Morgan fingerprint density at radius 2 is 1.95 bits per heavy atom. The molecule has 1 aliphatic rings. The number of ether oxygens (including phenoxy) is 1. The van der Waals surface area contributed by atoms with Gasteiger partial charge in [-0.1, -0.05) is 6.07 Å². The second-order valence-electron chi connectivity index (χ2n) is 5.76. The summed E-state index contributed by atoms with van der Waals surface area (Å²) in [4.78, 5) is 7.28. The average molecular weight is 285 g/mol. The van der Waals surface area contributed by atoms with E-state index in [-0.39, 0.29) is 0 Å². The Hall–Kier alpha value is -1.65. The molecule has 2 N–H and O–H groups in total. The number of aryl methyl sites for hydroxylation is 2. The number of hydrogen-bond acceptors (Lipinski definition) is 4. The van der Waals surface area contributed by atoms with Gasteiger partial charge in [-0.15, -0.1) is 0 Å². The Morgan fingerprint density at radius 1 is 1.19 bits per heavy atom. The van der Waals surface area contributed by atoms with E-state index >= 15 is 0 Å². The largest absolute Gasteiger partial charge is 0.378 e. The van der Waals surface area contributed by atoms with Gasteiger partial charge in [0.2, 0.25) is 0 Å². The molecule has 1 fully saturated rings. The zero-order chi connectivity index (χ0) is 14.8. The molecule has 0 spiro atoms. The maximum absolute atomic E-state index is 5.79. The van der Waals surface area contributed by atoms with E-state index in [1.54, 1.807) is 0 Å². The van der Waals surface area contributed by atoms with Crippen LogP contribution in [0.5, 0.6) is 0 Å². The molecule has 3 rings (SSSR count). The van der Waals surface area contributed by atoms with Crippen LogP contribution in [-0.2, 0) is 11.2 Å². The molecule has 2 aromatic rings. The van der Waals surface area contributed by atoms with Crippen molar-refractivity contribution in [3.63, 3.8) is 0 Å². The van der Waals surface area contributed by atoms with Crippen molar-refractivity contribution >= 4 is 16.7 Å². The fourth-order valence-corrected chi connectivity index (χ4v) is 3.05. The number of fused-ring (bicyclic) bond motifs is 1. The first-order valence-electron chi connectivity index (χ1n) is 7.62. The lowest BCUT2D eigenvalue weighted by Crippen LogP contribution is -2.37. The highest BCUT2D eigenvalue weighted by molar-refractivity contribution is 5.85. The minimum Gasteiger partial charge on any atom is -0.378 e.